The van der Waals surface area contributed by atoms with E-state index in [0.717, 1.165) is 5.56 Å². The quantitative estimate of drug-likeness (QED) is 0.441. The molecule has 1 aromatic heterocycles. The van der Waals surface area contributed by atoms with Gasteiger partial charge in [-0.25, -0.2) is 4.39 Å². The van der Waals surface area contributed by atoms with E-state index >= 15 is 0 Å². The van der Waals surface area contributed by atoms with Crippen molar-refractivity contribution in [2.45, 2.75) is 0 Å². The lowest BCUT2D eigenvalue weighted by molar-refractivity contribution is -0.104. The van der Waals surface area contributed by atoms with Crippen LogP contribution in [0.3, 0.4) is 0 Å². The van der Waals surface area contributed by atoms with Crippen LogP contribution in [0.4, 0.5) is 4.39 Å². The number of aromatic amines is 1. The molecule has 0 aliphatic heterocycles. The minimum absolute atomic E-state index is 0.170. The largest absolute Gasteiger partial charge is 0.351 e. The number of H-pyrrole nitrogens is 1. The van der Waals surface area contributed by atoms with Gasteiger partial charge in [0.25, 0.3) is 0 Å². The maximum atomic E-state index is 13.7. The first kappa shape index (κ1) is 13.7. The van der Waals surface area contributed by atoms with Crippen molar-refractivity contribution < 1.29 is 14.0 Å². The fourth-order valence-electron chi connectivity index (χ4n) is 2.34. The van der Waals surface area contributed by atoms with Crippen LogP contribution in [0, 0.1) is 5.82 Å². The van der Waals surface area contributed by atoms with E-state index in [4.69, 9.17) is 0 Å². The maximum absolute atomic E-state index is 13.7. The van der Waals surface area contributed by atoms with Crippen LogP contribution in [0.15, 0.2) is 46.9 Å². The van der Waals surface area contributed by atoms with Gasteiger partial charge in [0.2, 0.25) is 5.78 Å². The van der Waals surface area contributed by atoms with Crippen molar-refractivity contribution in [1.29, 1.82) is 0 Å². The van der Waals surface area contributed by atoms with Crippen LogP contribution in [-0.2, 0) is 4.79 Å². The van der Waals surface area contributed by atoms with E-state index in [0.29, 0.717) is 20.9 Å². The van der Waals surface area contributed by atoms with Gasteiger partial charge in [-0.05, 0) is 33.6 Å². The highest BCUT2D eigenvalue weighted by molar-refractivity contribution is 9.10. The SMILES string of the molecule is O=CC(=O)c1[nH]c2cc(F)c(Br)cc2c1-c1ccccc1. The summed E-state index contributed by atoms with van der Waals surface area (Å²) < 4.78 is 14.0. The number of nitrogens with one attached hydrogen (secondary N) is 1. The Kier molecular flexibility index (Phi) is 3.43. The van der Waals surface area contributed by atoms with Gasteiger partial charge >= 0.3 is 0 Å². The van der Waals surface area contributed by atoms with Gasteiger partial charge in [-0.3, -0.25) is 9.59 Å². The van der Waals surface area contributed by atoms with Crippen molar-refractivity contribution in [2.75, 3.05) is 0 Å². The molecule has 3 nitrogen and oxygen atoms in total. The van der Waals surface area contributed by atoms with Crippen molar-refractivity contribution in [3.63, 3.8) is 0 Å². The second-order valence-electron chi connectivity index (χ2n) is 4.54. The molecule has 3 rings (SSSR count). The number of Topliss-reactive ketones (excluding diaryl/α,β-unsaturated/α-hetero) is 1. The van der Waals surface area contributed by atoms with Gasteiger partial charge in [-0.15, -0.1) is 0 Å². The zero-order chi connectivity index (χ0) is 15.0. The van der Waals surface area contributed by atoms with Gasteiger partial charge in [0.15, 0.2) is 6.29 Å². The third-order valence-electron chi connectivity index (χ3n) is 3.26. The smallest absolute Gasteiger partial charge is 0.242 e. The molecule has 1 heterocycles. The summed E-state index contributed by atoms with van der Waals surface area (Å²) in [6.07, 6.45) is 0.253. The van der Waals surface area contributed by atoms with E-state index < -0.39 is 11.6 Å². The van der Waals surface area contributed by atoms with Crippen molar-refractivity contribution in [2.24, 2.45) is 0 Å². The zero-order valence-electron chi connectivity index (χ0n) is 10.7. The van der Waals surface area contributed by atoms with E-state index in [1.807, 2.05) is 30.3 Å². The summed E-state index contributed by atoms with van der Waals surface area (Å²) in [4.78, 5) is 25.5. The van der Waals surface area contributed by atoms with E-state index in [2.05, 4.69) is 20.9 Å². The Balaban J connectivity index is 2.40. The standard InChI is InChI=1S/C16H9BrFNO2/c17-11-6-10-13(7-12(11)18)19-16(14(21)8-20)15(10)9-4-2-1-3-5-9/h1-8,19H. The summed E-state index contributed by atoms with van der Waals surface area (Å²) in [5.74, 6) is -1.10. The Bertz CT molecular complexity index is 856. The van der Waals surface area contributed by atoms with Crippen molar-refractivity contribution in [3.8, 4) is 11.1 Å². The summed E-state index contributed by atoms with van der Waals surface area (Å²) in [6, 6.07) is 12.1. The predicted molar refractivity (Wildman–Crippen MR) is 81.8 cm³/mol. The average Bonchev–Trinajstić information content (AvgIpc) is 2.86. The molecule has 0 saturated carbocycles. The Hall–Kier alpha value is -2.27. The number of aldehydes is 1. The van der Waals surface area contributed by atoms with Gasteiger partial charge in [-0.1, -0.05) is 30.3 Å². The second kappa shape index (κ2) is 5.26. The van der Waals surface area contributed by atoms with Crippen LogP contribution >= 0.6 is 15.9 Å². The van der Waals surface area contributed by atoms with E-state index in [9.17, 15) is 14.0 Å². The summed E-state index contributed by atoms with van der Waals surface area (Å²) in [7, 11) is 0. The number of carbonyl (C=O) groups is 2. The molecule has 0 amide bonds. The third-order valence-corrected chi connectivity index (χ3v) is 3.86. The molecule has 0 unspecified atom stereocenters. The fraction of sp³-hybridized carbons (Fsp3) is 0. The minimum atomic E-state index is -0.665. The third kappa shape index (κ3) is 2.29. The zero-order valence-corrected chi connectivity index (χ0v) is 12.3. The average molecular weight is 346 g/mol. The molecule has 2 aromatic carbocycles. The Morgan fingerprint density at radius 3 is 2.57 bits per heavy atom. The molecule has 5 heteroatoms. The van der Waals surface area contributed by atoms with E-state index in [1.54, 1.807) is 6.07 Å². The lowest BCUT2D eigenvalue weighted by atomic mass is 10.0. The Morgan fingerprint density at radius 2 is 1.90 bits per heavy atom. The molecule has 104 valence electrons. The van der Waals surface area contributed by atoms with Gasteiger partial charge in [0, 0.05) is 16.5 Å². The number of halogens is 2. The topological polar surface area (TPSA) is 49.9 Å². The van der Waals surface area contributed by atoms with Crippen LogP contribution in [0.2, 0.25) is 0 Å². The number of rotatable bonds is 3. The highest BCUT2D eigenvalue weighted by Crippen LogP contribution is 2.35. The molecular formula is C16H9BrFNO2. The van der Waals surface area contributed by atoms with Gasteiger partial charge in [-0.2, -0.15) is 0 Å². The molecule has 0 fully saturated rings. The van der Waals surface area contributed by atoms with E-state index in [1.165, 1.54) is 6.07 Å². The highest BCUT2D eigenvalue weighted by atomic mass is 79.9. The molecule has 0 aliphatic rings. The Morgan fingerprint density at radius 1 is 1.19 bits per heavy atom. The number of hydrogen-bond acceptors (Lipinski definition) is 2. The van der Waals surface area contributed by atoms with Crippen molar-refractivity contribution >= 4 is 38.9 Å². The summed E-state index contributed by atoms with van der Waals surface area (Å²) in [5, 5.41) is 0.680. The van der Waals surface area contributed by atoms with Gasteiger partial charge in [0.1, 0.15) is 5.82 Å². The minimum Gasteiger partial charge on any atom is -0.351 e. The molecule has 0 radical (unpaired) electrons. The maximum Gasteiger partial charge on any atom is 0.242 e. The predicted octanol–water partition coefficient (Wildman–Crippen LogP) is 4.12. The van der Waals surface area contributed by atoms with Crippen molar-refractivity contribution in [1.82, 2.24) is 4.98 Å². The molecule has 0 bridgehead atoms. The molecule has 0 aliphatic carbocycles. The van der Waals surface area contributed by atoms with Crippen LogP contribution in [-0.4, -0.2) is 17.1 Å². The molecule has 0 saturated heterocycles. The normalized spacial score (nSPS) is 10.8. The van der Waals surface area contributed by atoms with Crippen LogP contribution in [0.1, 0.15) is 10.5 Å². The summed E-state index contributed by atoms with van der Waals surface area (Å²) >= 11 is 3.14. The number of ketones is 1. The van der Waals surface area contributed by atoms with E-state index in [-0.39, 0.29) is 12.0 Å². The number of aromatic nitrogens is 1. The fourth-order valence-corrected chi connectivity index (χ4v) is 2.68. The first-order valence-electron chi connectivity index (χ1n) is 6.17. The summed E-state index contributed by atoms with van der Waals surface area (Å²) in [6.45, 7) is 0. The van der Waals surface area contributed by atoms with Crippen molar-refractivity contribution in [3.05, 3.63) is 58.4 Å². The first-order valence-corrected chi connectivity index (χ1v) is 6.96. The molecule has 3 aromatic rings. The monoisotopic (exact) mass is 345 g/mol. The van der Waals surface area contributed by atoms with Crippen LogP contribution in [0.5, 0.6) is 0 Å². The van der Waals surface area contributed by atoms with Crippen LogP contribution in [0.25, 0.3) is 22.0 Å². The van der Waals surface area contributed by atoms with Crippen LogP contribution < -0.4 is 0 Å². The first-order chi connectivity index (χ1) is 10.1. The Labute approximate surface area is 127 Å². The molecule has 21 heavy (non-hydrogen) atoms. The number of hydrogen-bond donors (Lipinski definition) is 1. The second-order valence-corrected chi connectivity index (χ2v) is 5.39. The number of carbonyl (C=O) groups excluding carboxylic acids is 2. The number of benzene rings is 2. The highest BCUT2D eigenvalue weighted by Gasteiger charge is 2.19. The summed E-state index contributed by atoms with van der Waals surface area (Å²) in [5.41, 5.74) is 2.03. The molecule has 1 N–H and O–H groups in total. The molecular weight excluding hydrogens is 337 g/mol. The lowest BCUT2D eigenvalue weighted by Crippen LogP contribution is -2.02. The lowest BCUT2D eigenvalue weighted by Gasteiger charge is -2.02. The molecule has 0 spiro atoms. The van der Waals surface area contributed by atoms with Gasteiger partial charge < -0.3 is 4.98 Å². The number of fused-ring (bicyclic) bond motifs is 1. The molecule has 0 atom stereocenters. The van der Waals surface area contributed by atoms with Gasteiger partial charge in [0.05, 0.1) is 10.2 Å².